The highest BCUT2D eigenvalue weighted by atomic mass is 32.2. The lowest BCUT2D eigenvalue weighted by Gasteiger charge is -2.22. The van der Waals surface area contributed by atoms with E-state index in [1.54, 1.807) is 30.3 Å². The molecule has 2 heterocycles. The van der Waals surface area contributed by atoms with Crippen LogP contribution in [0.5, 0.6) is 11.5 Å². The van der Waals surface area contributed by atoms with Crippen molar-refractivity contribution in [1.29, 1.82) is 0 Å². The molecule has 3 aromatic carbocycles. The summed E-state index contributed by atoms with van der Waals surface area (Å²) in [6, 6.07) is 15.9. The molecule has 5 rings (SSSR count). The first kappa shape index (κ1) is 34.3. The van der Waals surface area contributed by atoms with Gasteiger partial charge in [-0.05, 0) is 66.1 Å². The first-order valence-electron chi connectivity index (χ1n) is 14.5. The number of ether oxygens (including phenoxy) is 2. The van der Waals surface area contributed by atoms with Gasteiger partial charge < -0.3 is 14.8 Å². The van der Waals surface area contributed by atoms with Gasteiger partial charge in [0.1, 0.15) is 17.3 Å². The van der Waals surface area contributed by atoms with E-state index in [-0.39, 0.29) is 22.7 Å². The number of amidine groups is 1. The van der Waals surface area contributed by atoms with E-state index in [9.17, 15) is 31.5 Å². The van der Waals surface area contributed by atoms with Gasteiger partial charge in [0.25, 0.3) is 0 Å². The molecule has 0 atom stereocenters. The predicted octanol–water partition coefficient (Wildman–Crippen LogP) is 7.83. The van der Waals surface area contributed by atoms with Gasteiger partial charge in [0.05, 0.1) is 24.2 Å². The lowest BCUT2D eigenvalue weighted by Crippen LogP contribution is -2.41. The number of nitrogens with zero attached hydrogens (tertiary/aromatic N) is 5. The molecule has 0 radical (unpaired) electrons. The summed E-state index contributed by atoms with van der Waals surface area (Å²) in [4.78, 5) is 35.9. The number of hydrogen-bond acceptors (Lipinski definition) is 7. The maximum Gasteiger partial charge on any atom is 0.499 e. The summed E-state index contributed by atoms with van der Waals surface area (Å²) in [5.74, 6) is 0.705. The molecule has 3 amide bonds. The van der Waals surface area contributed by atoms with E-state index in [1.807, 2.05) is 32.9 Å². The Bertz CT molecular complexity index is 1840. The van der Waals surface area contributed by atoms with E-state index in [2.05, 4.69) is 25.1 Å². The predicted molar refractivity (Wildman–Crippen MR) is 171 cm³/mol. The first-order chi connectivity index (χ1) is 22.7. The molecular weight excluding hydrogens is 659 g/mol. The van der Waals surface area contributed by atoms with Gasteiger partial charge in [0, 0.05) is 23.7 Å². The van der Waals surface area contributed by atoms with Gasteiger partial charge in [0.15, 0.2) is 11.0 Å². The van der Waals surface area contributed by atoms with Gasteiger partial charge in [-0.2, -0.15) is 26.9 Å². The van der Waals surface area contributed by atoms with Gasteiger partial charge in [-0.1, -0.05) is 38.6 Å². The molecule has 1 N–H and O–H groups in total. The lowest BCUT2D eigenvalue weighted by atomic mass is 10.00. The van der Waals surface area contributed by atoms with Gasteiger partial charge in [-0.25, -0.2) is 14.5 Å². The van der Waals surface area contributed by atoms with Crippen LogP contribution in [0.4, 0.5) is 38.1 Å². The number of thioether (sulfide) groups is 1. The molecular formula is C32H29F5N6O4S. The molecule has 1 fully saturated rings. The van der Waals surface area contributed by atoms with Crippen LogP contribution in [0.25, 0.3) is 17.1 Å². The topological polar surface area (TPSA) is 111 Å². The summed E-state index contributed by atoms with van der Waals surface area (Å²) >= 11 is 1.15. The Balaban J connectivity index is 1.31. The van der Waals surface area contributed by atoms with Crippen molar-refractivity contribution >= 4 is 40.2 Å². The van der Waals surface area contributed by atoms with Crippen LogP contribution in [0.2, 0.25) is 0 Å². The molecule has 1 aliphatic rings. The Hall–Kier alpha value is -4.99. The highest BCUT2D eigenvalue weighted by Crippen LogP contribution is 2.38. The van der Waals surface area contributed by atoms with Crippen molar-refractivity contribution in [3.63, 3.8) is 0 Å². The molecule has 0 saturated carbocycles. The number of carbonyl (C=O) groups excluding carboxylic acids is 2. The molecule has 252 valence electrons. The van der Waals surface area contributed by atoms with E-state index in [4.69, 9.17) is 4.74 Å². The van der Waals surface area contributed by atoms with Gasteiger partial charge in [0.2, 0.25) is 5.91 Å². The van der Waals surface area contributed by atoms with Crippen LogP contribution in [0, 0.1) is 0 Å². The maximum atomic E-state index is 13.3. The smallest absolute Gasteiger partial charge is 0.497 e. The number of aryl methyl sites for hydroxylation is 1. The highest BCUT2D eigenvalue weighted by molar-refractivity contribution is 8.15. The molecule has 48 heavy (non-hydrogen) atoms. The molecule has 16 heteroatoms. The summed E-state index contributed by atoms with van der Waals surface area (Å²) in [5.41, 5.74) is 2.86. The number of aliphatic imine (C=N–C) groups is 1. The van der Waals surface area contributed by atoms with Crippen LogP contribution in [0.3, 0.4) is 0 Å². The van der Waals surface area contributed by atoms with E-state index < -0.39 is 24.1 Å². The third kappa shape index (κ3) is 7.27. The molecule has 0 bridgehead atoms. The van der Waals surface area contributed by atoms with E-state index >= 15 is 0 Å². The average molecular weight is 689 g/mol. The minimum Gasteiger partial charge on any atom is -0.497 e. The second-order valence-corrected chi connectivity index (χ2v) is 11.7. The number of rotatable bonds is 9. The van der Waals surface area contributed by atoms with Crippen LogP contribution in [-0.4, -0.2) is 57.0 Å². The maximum absolute atomic E-state index is 13.3. The number of nitrogens with one attached hydrogen (secondary N) is 1. The summed E-state index contributed by atoms with van der Waals surface area (Å²) < 4.78 is 74.7. The fourth-order valence-electron chi connectivity index (χ4n) is 4.72. The van der Waals surface area contributed by atoms with Gasteiger partial charge in [-0.3, -0.25) is 9.69 Å². The SMILES string of the molecule is CCc1nc(-c2ccc(NC(=O)N=C3SCC(=O)N3c3cc(OC)ccc3C(C)C)cc2)nn1-c1ccc(OC(F)(F)C(F)(F)F)cc1. The number of alkyl halides is 5. The monoisotopic (exact) mass is 688 g/mol. The number of urea groups is 1. The standard InChI is InChI=1S/C32H29F5N6O4S/c1-5-26-39-28(41-43(26)21-10-12-22(13-11-21)47-32(36,37)31(33,34)35)19-6-8-20(9-7-19)38-29(45)40-30-42(27(44)17-48-30)25-16-23(46-4)14-15-24(25)18(2)3/h6-16,18H,5,17H2,1-4H3,(H,38,45). The van der Waals surface area contributed by atoms with E-state index in [1.165, 1.54) is 28.8 Å². The number of benzene rings is 3. The molecule has 10 nitrogen and oxygen atoms in total. The van der Waals surface area contributed by atoms with Crippen molar-refractivity contribution in [1.82, 2.24) is 14.8 Å². The van der Waals surface area contributed by atoms with E-state index in [0.29, 0.717) is 46.4 Å². The van der Waals surface area contributed by atoms with Gasteiger partial charge in [-0.15, -0.1) is 5.10 Å². The second-order valence-electron chi connectivity index (χ2n) is 10.7. The number of anilines is 2. The molecule has 1 aromatic heterocycles. The van der Waals surface area contributed by atoms with Crippen molar-refractivity contribution in [3.8, 4) is 28.6 Å². The molecule has 4 aromatic rings. The number of methoxy groups -OCH3 is 1. The lowest BCUT2D eigenvalue weighted by molar-refractivity contribution is -0.360. The minimum absolute atomic E-state index is 0.0924. The van der Waals surface area contributed by atoms with Gasteiger partial charge >= 0.3 is 18.3 Å². The summed E-state index contributed by atoms with van der Waals surface area (Å²) in [6.45, 7) is 5.82. The van der Waals surface area contributed by atoms with Crippen molar-refractivity contribution in [3.05, 3.63) is 78.1 Å². The largest absolute Gasteiger partial charge is 0.499 e. The summed E-state index contributed by atoms with van der Waals surface area (Å²) in [7, 11) is 1.53. The summed E-state index contributed by atoms with van der Waals surface area (Å²) in [6.07, 6.45) is -10.8. The van der Waals surface area contributed by atoms with Crippen molar-refractivity contribution in [2.75, 3.05) is 23.1 Å². The zero-order chi connectivity index (χ0) is 34.8. The molecule has 0 aliphatic carbocycles. The number of halogens is 5. The molecule has 1 saturated heterocycles. The zero-order valence-electron chi connectivity index (χ0n) is 26.0. The number of amides is 3. The Morgan fingerprint density at radius 2 is 1.69 bits per heavy atom. The van der Waals surface area contributed by atoms with Crippen LogP contribution in [0.1, 0.15) is 38.1 Å². The number of carbonyl (C=O) groups is 2. The Morgan fingerprint density at radius 3 is 2.29 bits per heavy atom. The third-order valence-corrected chi connectivity index (χ3v) is 8.03. The highest BCUT2D eigenvalue weighted by Gasteiger charge is 2.61. The van der Waals surface area contributed by atoms with Crippen molar-refractivity contribution < 1.29 is 41.0 Å². The molecule has 0 unspecified atom stereocenters. The normalized spacial score (nSPS) is 14.6. The van der Waals surface area contributed by atoms with E-state index in [0.717, 1.165) is 29.5 Å². The molecule has 0 spiro atoms. The Kier molecular flexibility index (Phi) is 9.75. The number of aromatic nitrogens is 3. The zero-order valence-corrected chi connectivity index (χ0v) is 26.8. The Morgan fingerprint density at radius 1 is 1.02 bits per heavy atom. The first-order valence-corrected chi connectivity index (χ1v) is 15.5. The fraction of sp³-hybridized carbons (Fsp3) is 0.281. The van der Waals surface area contributed by atoms with Crippen LogP contribution >= 0.6 is 11.8 Å². The second kappa shape index (κ2) is 13.6. The average Bonchev–Trinajstić information content (AvgIpc) is 3.63. The quantitative estimate of drug-likeness (QED) is 0.179. The van der Waals surface area contributed by atoms with Crippen molar-refractivity contribution in [2.45, 2.75) is 45.4 Å². The molecule has 1 aliphatic heterocycles. The Labute approximate surface area is 276 Å². The minimum atomic E-state index is -5.86. The number of hydrogen-bond donors (Lipinski definition) is 1. The summed E-state index contributed by atoms with van der Waals surface area (Å²) in [5, 5.41) is 7.41. The fourth-order valence-corrected chi connectivity index (χ4v) is 5.58. The van der Waals surface area contributed by atoms with Crippen LogP contribution in [-0.2, 0) is 11.2 Å². The van der Waals surface area contributed by atoms with Crippen LogP contribution < -0.4 is 19.7 Å². The van der Waals surface area contributed by atoms with Crippen molar-refractivity contribution in [2.24, 2.45) is 4.99 Å². The third-order valence-electron chi connectivity index (χ3n) is 7.11. The van der Waals surface area contributed by atoms with Crippen LogP contribution in [0.15, 0.2) is 71.7 Å².